The summed E-state index contributed by atoms with van der Waals surface area (Å²) in [6.07, 6.45) is 0.347. The first kappa shape index (κ1) is 30.9. The van der Waals surface area contributed by atoms with Crippen molar-refractivity contribution >= 4 is 61.6 Å². The van der Waals surface area contributed by atoms with E-state index in [1.165, 1.54) is 15.6 Å². The predicted molar refractivity (Wildman–Crippen MR) is 164 cm³/mol. The molecular weight excluding hydrogens is 630 g/mol. The van der Waals surface area contributed by atoms with Gasteiger partial charge in [-0.3, -0.25) is 14.4 Å². The number of benzene rings is 1. The molecule has 1 aromatic carbocycles. The number of ether oxygens (including phenoxy) is 1. The number of H-pyrrole nitrogens is 1. The maximum atomic E-state index is 14.2. The molecule has 0 bridgehead atoms. The summed E-state index contributed by atoms with van der Waals surface area (Å²) < 4.78 is 35.0. The molecule has 16 heteroatoms. The lowest BCUT2D eigenvalue weighted by atomic mass is 10.1. The third-order valence-electron chi connectivity index (χ3n) is 8.33. The summed E-state index contributed by atoms with van der Waals surface area (Å²) in [5.41, 5.74) is 7.12. The number of aromatic amines is 1. The number of nitrogens with zero attached hydrogens (tertiary/aromatic N) is 4. The molecule has 3 aromatic rings. The van der Waals surface area contributed by atoms with Gasteiger partial charge < -0.3 is 30.6 Å². The van der Waals surface area contributed by atoms with E-state index in [1.54, 1.807) is 28.0 Å². The molecule has 2 aromatic heterocycles. The van der Waals surface area contributed by atoms with Crippen LogP contribution in [-0.2, 0) is 43.7 Å². The molecule has 3 amide bonds. The first-order chi connectivity index (χ1) is 21.0. The van der Waals surface area contributed by atoms with Crippen LogP contribution in [0, 0.1) is 0 Å². The number of aromatic nitrogens is 2. The van der Waals surface area contributed by atoms with Crippen molar-refractivity contribution in [1.29, 1.82) is 0 Å². The van der Waals surface area contributed by atoms with Crippen molar-refractivity contribution in [2.24, 2.45) is 5.73 Å². The fraction of sp³-hybridized carbons (Fsp3) is 0.500. The lowest BCUT2D eigenvalue weighted by molar-refractivity contribution is -0.136. The van der Waals surface area contributed by atoms with Gasteiger partial charge in [-0.15, -0.1) is 11.3 Å². The van der Waals surface area contributed by atoms with Gasteiger partial charge in [-0.25, -0.2) is 13.4 Å². The van der Waals surface area contributed by atoms with Gasteiger partial charge in [0.1, 0.15) is 0 Å². The molecule has 3 aliphatic heterocycles. The fourth-order valence-corrected chi connectivity index (χ4v) is 8.90. The van der Waals surface area contributed by atoms with E-state index in [1.807, 2.05) is 0 Å². The molecule has 0 saturated carbocycles. The summed E-state index contributed by atoms with van der Waals surface area (Å²) in [6, 6.07) is 4.37. The summed E-state index contributed by atoms with van der Waals surface area (Å²) in [6.45, 7) is 4.35. The molecule has 4 N–H and O–H groups in total. The molecule has 0 radical (unpaired) electrons. The van der Waals surface area contributed by atoms with Gasteiger partial charge in [0, 0.05) is 84.5 Å². The van der Waals surface area contributed by atoms with E-state index in [-0.39, 0.29) is 60.9 Å². The second-order valence-electron chi connectivity index (χ2n) is 11.4. The molecule has 0 spiro atoms. The van der Waals surface area contributed by atoms with Crippen molar-refractivity contribution in [3.8, 4) is 0 Å². The lowest BCUT2D eigenvalue weighted by Gasteiger charge is -2.41. The third kappa shape index (κ3) is 6.08. The average Bonchev–Trinajstić information content (AvgIpc) is 3.58. The fourth-order valence-electron chi connectivity index (χ4n) is 6.05. The highest BCUT2D eigenvalue weighted by molar-refractivity contribution is 7.89. The zero-order chi connectivity index (χ0) is 31.2. The molecule has 3 aliphatic rings. The normalized spacial score (nSPS) is 21.4. The number of sulfonamides is 1. The number of piperazine rings is 1. The Kier molecular flexibility index (Phi) is 8.69. The Bertz CT molecular complexity index is 1720. The first-order valence-corrected chi connectivity index (χ1v) is 17.1. The van der Waals surface area contributed by atoms with Gasteiger partial charge in [0.25, 0.3) is 15.9 Å². The predicted octanol–water partition coefficient (Wildman–Crippen LogP) is 1.10. The maximum Gasteiger partial charge on any atom is 0.283 e. The van der Waals surface area contributed by atoms with Crippen LogP contribution in [0.1, 0.15) is 39.3 Å². The Hall–Kier alpha value is -3.08. The van der Waals surface area contributed by atoms with Gasteiger partial charge in [0.2, 0.25) is 11.8 Å². The number of nitrogens with two attached hydrogens (primary N) is 1. The van der Waals surface area contributed by atoms with Crippen LogP contribution in [0.3, 0.4) is 0 Å². The van der Waals surface area contributed by atoms with Crippen LogP contribution in [-0.4, -0.2) is 108 Å². The highest BCUT2D eigenvalue weighted by atomic mass is 35.5. The molecule has 2 saturated heterocycles. The van der Waals surface area contributed by atoms with Crippen molar-refractivity contribution in [2.75, 3.05) is 45.9 Å². The molecule has 2 fully saturated rings. The third-order valence-corrected chi connectivity index (χ3v) is 11.5. The van der Waals surface area contributed by atoms with Crippen LogP contribution in [0.5, 0.6) is 0 Å². The Balaban J connectivity index is 1.31. The Labute approximate surface area is 263 Å². The molecule has 44 heavy (non-hydrogen) atoms. The average molecular weight is 664 g/mol. The quantitative estimate of drug-likeness (QED) is 0.337. The zero-order valence-corrected chi connectivity index (χ0v) is 26.6. The van der Waals surface area contributed by atoms with Crippen LogP contribution in [0.25, 0.3) is 10.9 Å². The first-order valence-electron chi connectivity index (χ1n) is 14.5. The summed E-state index contributed by atoms with van der Waals surface area (Å²) in [5, 5.41) is 4.43. The number of primary amides is 1. The Morgan fingerprint density at radius 2 is 1.95 bits per heavy atom. The molecule has 2 atom stereocenters. The van der Waals surface area contributed by atoms with E-state index in [2.05, 4.69) is 22.2 Å². The largest absolute Gasteiger partial charge is 0.378 e. The number of nitrogens with one attached hydrogen (secondary N) is 2. The maximum absolute atomic E-state index is 14.2. The smallest absolute Gasteiger partial charge is 0.283 e. The number of amides is 3. The number of halogens is 1. The highest BCUT2D eigenvalue weighted by Crippen LogP contribution is 2.32. The number of carbonyl (C=O) groups is 3. The number of carbonyl (C=O) groups excluding carboxylic acids is 3. The highest BCUT2D eigenvalue weighted by Gasteiger charge is 2.41. The Morgan fingerprint density at radius 1 is 1.18 bits per heavy atom. The second kappa shape index (κ2) is 12.4. The van der Waals surface area contributed by atoms with E-state index in [9.17, 15) is 22.8 Å². The molecule has 2 unspecified atom stereocenters. The van der Waals surface area contributed by atoms with E-state index < -0.39 is 22.0 Å². The van der Waals surface area contributed by atoms with E-state index in [0.717, 1.165) is 10.6 Å². The number of hydrogen-bond donors (Lipinski definition) is 3. The molecule has 13 nitrogen and oxygen atoms in total. The lowest BCUT2D eigenvalue weighted by Crippen LogP contribution is -2.58. The number of hydrogen-bond acceptors (Lipinski definition) is 9. The second-order valence-corrected chi connectivity index (χ2v) is 14.7. The van der Waals surface area contributed by atoms with Gasteiger partial charge in [0.05, 0.1) is 31.4 Å². The van der Waals surface area contributed by atoms with Gasteiger partial charge in [-0.1, -0.05) is 11.6 Å². The summed E-state index contributed by atoms with van der Waals surface area (Å²) in [4.78, 5) is 51.1. The van der Waals surface area contributed by atoms with Gasteiger partial charge >= 0.3 is 0 Å². The summed E-state index contributed by atoms with van der Waals surface area (Å²) >= 11 is 7.52. The van der Waals surface area contributed by atoms with Crippen molar-refractivity contribution in [3.05, 3.63) is 44.4 Å². The van der Waals surface area contributed by atoms with Crippen molar-refractivity contribution in [2.45, 2.75) is 49.8 Å². The topological polar surface area (TPSA) is 171 Å². The van der Waals surface area contributed by atoms with Crippen LogP contribution in [0.2, 0.25) is 5.02 Å². The minimum atomic E-state index is -4.21. The number of thiazole rings is 1. The zero-order valence-electron chi connectivity index (χ0n) is 24.2. The van der Waals surface area contributed by atoms with Crippen molar-refractivity contribution < 1.29 is 27.5 Å². The minimum absolute atomic E-state index is 0.00781. The van der Waals surface area contributed by atoms with Crippen molar-refractivity contribution in [1.82, 2.24) is 29.4 Å². The molecular formula is C28H34ClN7O6S2. The van der Waals surface area contributed by atoms with Gasteiger partial charge in [-0.2, -0.15) is 4.31 Å². The van der Waals surface area contributed by atoms with E-state index >= 15 is 0 Å². The number of rotatable bonds is 7. The Morgan fingerprint density at radius 3 is 2.70 bits per heavy atom. The molecule has 5 heterocycles. The summed E-state index contributed by atoms with van der Waals surface area (Å²) in [7, 11) is -4.21. The molecule has 6 rings (SSSR count). The SMILES string of the molecule is CC1Cc2nc(C(=O)N3CCN(S(=O)(=O)c4[nH]c5ccc(Cl)cc5c4CC(N)=O)CC3CC(=O)N3CCOCC3)sc2CN1. The van der Waals surface area contributed by atoms with Crippen LogP contribution in [0.15, 0.2) is 23.2 Å². The minimum Gasteiger partial charge on any atom is -0.378 e. The molecule has 0 aliphatic carbocycles. The monoisotopic (exact) mass is 663 g/mol. The van der Waals surface area contributed by atoms with E-state index in [0.29, 0.717) is 60.2 Å². The standard InChI is InChI=1S/C28H34ClN7O6S2/c1-16-10-22-23(14-31-16)43-26(32-22)28(39)36-5-4-35(15-18(36)12-25(38)34-6-8-42-9-7-34)44(40,41)27-20(13-24(30)37)19-11-17(29)2-3-21(19)33-27/h2-3,11,16,18,31,33H,4-10,12-15H2,1H3,(H2,30,37). The van der Waals surface area contributed by atoms with Crippen LogP contribution in [0.4, 0.5) is 0 Å². The van der Waals surface area contributed by atoms with Crippen LogP contribution < -0.4 is 11.1 Å². The number of morpholine rings is 1. The van der Waals surface area contributed by atoms with Gasteiger partial charge in [0.15, 0.2) is 10.0 Å². The number of fused-ring (bicyclic) bond motifs is 2. The van der Waals surface area contributed by atoms with Crippen molar-refractivity contribution in [3.63, 3.8) is 0 Å². The van der Waals surface area contributed by atoms with Crippen LogP contribution >= 0.6 is 22.9 Å². The van der Waals surface area contributed by atoms with Gasteiger partial charge in [-0.05, 0) is 25.1 Å². The summed E-state index contributed by atoms with van der Waals surface area (Å²) in [5.74, 6) is -1.19. The van der Waals surface area contributed by atoms with E-state index in [4.69, 9.17) is 22.1 Å². The molecule has 236 valence electrons.